The summed E-state index contributed by atoms with van der Waals surface area (Å²) < 4.78 is 5.01. The Morgan fingerprint density at radius 2 is 2.15 bits per heavy atom. The Hall–Kier alpha value is -0.0800. The summed E-state index contributed by atoms with van der Waals surface area (Å²) in [6.45, 7) is 4.35. The van der Waals surface area contributed by atoms with Crippen LogP contribution in [-0.2, 0) is 4.74 Å². The lowest BCUT2D eigenvalue weighted by Crippen LogP contribution is -2.31. The van der Waals surface area contributed by atoms with E-state index in [0.717, 1.165) is 18.6 Å². The summed E-state index contributed by atoms with van der Waals surface area (Å²) in [5, 5.41) is 3.63. The van der Waals surface area contributed by atoms with Gasteiger partial charge in [0.2, 0.25) is 0 Å². The molecule has 2 heteroatoms. The van der Waals surface area contributed by atoms with E-state index in [1.54, 1.807) is 7.11 Å². The second kappa shape index (κ2) is 6.39. The SMILES string of the molecule is CCC(NCCCCOC)C1CC1. The van der Waals surface area contributed by atoms with E-state index in [2.05, 4.69) is 12.2 Å². The summed E-state index contributed by atoms with van der Waals surface area (Å²) in [6.07, 6.45) is 6.61. The van der Waals surface area contributed by atoms with Crippen LogP contribution in [0.1, 0.15) is 39.0 Å². The van der Waals surface area contributed by atoms with Crippen molar-refractivity contribution in [2.45, 2.75) is 45.1 Å². The van der Waals surface area contributed by atoms with E-state index in [1.807, 2.05) is 0 Å². The molecular weight excluding hydrogens is 162 g/mol. The number of unbranched alkanes of at least 4 members (excludes halogenated alkanes) is 1. The van der Waals surface area contributed by atoms with Gasteiger partial charge < -0.3 is 10.1 Å². The molecule has 1 N–H and O–H groups in total. The van der Waals surface area contributed by atoms with E-state index in [4.69, 9.17) is 4.74 Å². The largest absolute Gasteiger partial charge is 0.385 e. The van der Waals surface area contributed by atoms with Crippen molar-refractivity contribution in [1.82, 2.24) is 5.32 Å². The highest BCUT2D eigenvalue weighted by Crippen LogP contribution is 2.33. The fourth-order valence-electron chi connectivity index (χ4n) is 1.80. The Morgan fingerprint density at radius 3 is 2.69 bits per heavy atom. The lowest BCUT2D eigenvalue weighted by Gasteiger charge is -2.15. The van der Waals surface area contributed by atoms with Crippen molar-refractivity contribution in [3.63, 3.8) is 0 Å². The van der Waals surface area contributed by atoms with Gasteiger partial charge in [-0.15, -0.1) is 0 Å². The first-order valence-electron chi connectivity index (χ1n) is 5.60. The minimum atomic E-state index is 0.794. The molecule has 0 aromatic heterocycles. The predicted molar refractivity (Wildman–Crippen MR) is 55.9 cm³/mol. The monoisotopic (exact) mass is 185 g/mol. The molecule has 0 bridgehead atoms. The van der Waals surface area contributed by atoms with Gasteiger partial charge in [0.25, 0.3) is 0 Å². The number of ether oxygens (including phenoxy) is 1. The van der Waals surface area contributed by atoms with Crippen molar-refractivity contribution in [3.05, 3.63) is 0 Å². The number of rotatable bonds is 8. The molecule has 1 saturated carbocycles. The van der Waals surface area contributed by atoms with Crippen LogP contribution < -0.4 is 5.32 Å². The highest BCUT2D eigenvalue weighted by Gasteiger charge is 2.28. The molecule has 1 atom stereocenters. The first-order valence-corrected chi connectivity index (χ1v) is 5.60. The van der Waals surface area contributed by atoms with Crippen LogP contribution in [0, 0.1) is 5.92 Å². The van der Waals surface area contributed by atoms with Crippen molar-refractivity contribution in [2.75, 3.05) is 20.3 Å². The van der Waals surface area contributed by atoms with Gasteiger partial charge in [-0.25, -0.2) is 0 Å². The van der Waals surface area contributed by atoms with E-state index in [-0.39, 0.29) is 0 Å². The average Bonchev–Trinajstić information content (AvgIpc) is 2.95. The summed E-state index contributed by atoms with van der Waals surface area (Å²) in [4.78, 5) is 0. The molecule has 1 rings (SSSR count). The van der Waals surface area contributed by atoms with Crippen LogP contribution in [0.5, 0.6) is 0 Å². The van der Waals surface area contributed by atoms with Crippen LogP contribution in [0.2, 0.25) is 0 Å². The number of nitrogens with one attached hydrogen (secondary N) is 1. The summed E-state index contributed by atoms with van der Waals surface area (Å²) in [5.74, 6) is 0.993. The molecule has 0 aromatic carbocycles. The molecule has 0 heterocycles. The Labute approximate surface area is 82.0 Å². The Bertz CT molecular complexity index is 123. The van der Waals surface area contributed by atoms with Crippen molar-refractivity contribution in [3.8, 4) is 0 Å². The Kier molecular flexibility index (Phi) is 5.40. The van der Waals surface area contributed by atoms with E-state index >= 15 is 0 Å². The topological polar surface area (TPSA) is 21.3 Å². The quantitative estimate of drug-likeness (QED) is 0.585. The summed E-state index contributed by atoms with van der Waals surface area (Å²) in [5.41, 5.74) is 0. The van der Waals surface area contributed by atoms with E-state index in [9.17, 15) is 0 Å². The van der Waals surface area contributed by atoms with Gasteiger partial charge in [-0.1, -0.05) is 6.92 Å². The van der Waals surface area contributed by atoms with E-state index in [0.29, 0.717) is 0 Å². The van der Waals surface area contributed by atoms with Crippen LogP contribution in [-0.4, -0.2) is 26.3 Å². The predicted octanol–water partition coefficient (Wildman–Crippen LogP) is 2.19. The van der Waals surface area contributed by atoms with E-state index < -0.39 is 0 Å². The first-order chi connectivity index (χ1) is 6.38. The van der Waals surface area contributed by atoms with Crippen molar-refractivity contribution in [1.29, 1.82) is 0 Å². The molecule has 13 heavy (non-hydrogen) atoms. The van der Waals surface area contributed by atoms with Crippen LogP contribution in [0.15, 0.2) is 0 Å². The van der Waals surface area contributed by atoms with Gasteiger partial charge in [0.1, 0.15) is 0 Å². The highest BCUT2D eigenvalue weighted by molar-refractivity contribution is 4.85. The second-order valence-electron chi connectivity index (χ2n) is 4.01. The standard InChI is InChI=1S/C11H23NO/c1-3-11(10-6-7-10)12-8-4-5-9-13-2/h10-12H,3-9H2,1-2H3. The zero-order valence-electron chi connectivity index (χ0n) is 9.01. The maximum atomic E-state index is 5.01. The lowest BCUT2D eigenvalue weighted by atomic mass is 10.1. The number of hydrogen-bond donors (Lipinski definition) is 1. The normalized spacial score (nSPS) is 18.9. The summed E-state index contributed by atoms with van der Waals surface area (Å²) >= 11 is 0. The maximum Gasteiger partial charge on any atom is 0.0462 e. The molecule has 1 fully saturated rings. The molecule has 0 amide bonds. The third-order valence-electron chi connectivity index (χ3n) is 2.81. The Balaban J connectivity index is 1.90. The second-order valence-corrected chi connectivity index (χ2v) is 4.01. The molecule has 2 nitrogen and oxygen atoms in total. The fourth-order valence-corrected chi connectivity index (χ4v) is 1.80. The molecule has 0 saturated heterocycles. The first kappa shape index (κ1) is 11.0. The molecule has 1 unspecified atom stereocenters. The van der Waals surface area contributed by atoms with Gasteiger partial charge in [0, 0.05) is 19.8 Å². The Morgan fingerprint density at radius 1 is 1.38 bits per heavy atom. The molecule has 0 aliphatic heterocycles. The van der Waals surface area contributed by atoms with Gasteiger partial charge in [0.15, 0.2) is 0 Å². The zero-order chi connectivity index (χ0) is 9.52. The third kappa shape index (κ3) is 4.63. The molecule has 0 aromatic rings. The van der Waals surface area contributed by atoms with Crippen molar-refractivity contribution >= 4 is 0 Å². The van der Waals surface area contributed by atoms with Crippen LogP contribution in [0.4, 0.5) is 0 Å². The van der Waals surface area contributed by atoms with Crippen LogP contribution >= 0.6 is 0 Å². The van der Waals surface area contributed by atoms with Crippen molar-refractivity contribution < 1.29 is 4.74 Å². The van der Waals surface area contributed by atoms with Crippen LogP contribution in [0.3, 0.4) is 0 Å². The van der Waals surface area contributed by atoms with Gasteiger partial charge >= 0.3 is 0 Å². The maximum absolute atomic E-state index is 5.01. The van der Waals surface area contributed by atoms with Gasteiger partial charge in [-0.2, -0.15) is 0 Å². The van der Waals surface area contributed by atoms with Crippen LogP contribution in [0.25, 0.3) is 0 Å². The molecule has 1 aliphatic rings. The third-order valence-corrected chi connectivity index (χ3v) is 2.81. The zero-order valence-corrected chi connectivity index (χ0v) is 9.01. The van der Waals surface area contributed by atoms with Gasteiger partial charge in [-0.05, 0) is 44.6 Å². The smallest absolute Gasteiger partial charge is 0.0462 e. The van der Waals surface area contributed by atoms with Gasteiger partial charge in [0.05, 0.1) is 0 Å². The molecule has 1 aliphatic carbocycles. The van der Waals surface area contributed by atoms with Gasteiger partial charge in [-0.3, -0.25) is 0 Å². The molecule has 0 radical (unpaired) electrons. The summed E-state index contributed by atoms with van der Waals surface area (Å²) in [7, 11) is 1.77. The number of methoxy groups -OCH3 is 1. The molecule has 0 spiro atoms. The highest BCUT2D eigenvalue weighted by atomic mass is 16.5. The fraction of sp³-hybridized carbons (Fsp3) is 1.00. The van der Waals surface area contributed by atoms with E-state index in [1.165, 1.54) is 38.6 Å². The lowest BCUT2D eigenvalue weighted by molar-refractivity contribution is 0.192. The van der Waals surface area contributed by atoms with Crippen molar-refractivity contribution in [2.24, 2.45) is 5.92 Å². The molecular formula is C11H23NO. The average molecular weight is 185 g/mol. The minimum Gasteiger partial charge on any atom is -0.385 e. The number of hydrogen-bond acceptors (Lipinski definition) is 2. The molecule has 78 valence electrons. The summed E-state index contributed by atoms with van der Waals surface area (Å²) in [6, 6.07) is 0.794. The minimum absolute atomic E-state index is 0.794.